The summed E-state index contributed by atoms with van der Waals surface area (Å²) in [5.41, 5.74) is 2.02. The van der Waals surface area contributed by atoms with Crippen LogP contribution in [-0.2, 0) is 6.54 Å². The maximum Gasteiger partial charge on any atom is 0.0844 e. The van der Waals surface area contributed by atoms with Crippen LogP contribution in [0.1, 0.15) is 30.7 Å². The second-order valence-electron chi connectivity index (χ2n) is 4.29. The molecule has 15 heavy (non-hydrogen) atoms. The Morgan fingerprint density at radius 1 is 1.47 bits per heavy atom. The van der Waals surface area contributed by atoms with E-state index in [0.29, 0.717) is 0 Å². The average molecular weight is 228 g/mol. The van der Waals surface area contributed by atoms with E-state index in [1.807, 2.05) is 18.5 Å². The molecule has 1 aromatic heterocycles. The average Bonchev–Trinajstić information content (AvgIpc) is 3.00. The van der Waals surface area contributed by atoms with E-state index < -0.39 is 0 Å². The summed E-state index contributed by atoms with van der Waals surface area (Å²) < 4.78 is 2.01. The molecule has 2 rings (SSSR count). The van der Waals surface area contributed by atoms with E-state index >= 15 is 0 Å². The molecule has 0 radical (unpaired) electrons. The highest BCUT2D eigenvalue weighted by Crippen LogP contribution is 2.20. The van der Waals surface area contributed by atoms with Gasteiger partial charge in [-0.1, -0.05) is 11.6 Å². The Morgan fingerprint density at radius 3 is 2.73 bits per heavy atom. The van der Waals surface area contributed by atoms with Crippen LogP contribution in [0.2, 0.25) is 5.02 Å². The van der Waals surface area contributed by atoms with Gasteiger partial charge in [0.25, 0.3) is 0 Å². The monoisotopic (exact) mass is 227 g/mol. The largest absolute Gasteiger partial charge is 0.314 e. The summed E-state index contributed by atoms with van der Waals surface area (Å²) in [6, 6.07) is 0.800. The fraction of sp³-hybridized carbons (Fsp3) is 0.727. The molecule has 0 amide bonds. The van der Waals surface area contributed by atoms with Gasteiger partial charge in [-0.3, -0.25) is 4.68 Å². The van der Waals surface area contributed by atoms with Crippen molar-refractivity contribution in [1.29, 1.82) is 0 Å². The van der Waals surface area contributed by atoms with E-state index in [4.69, 9.17) is 11.6 Å². The third kappa shape index (κ3) is 2.73. The van der Waals surface area contributed by atoms with Gasteiger partial charge < -0.3 is 5.32 Å². The van der Waals surface area contributed by atoms with Gasteiger partial charge in [-0.2, -0.15) is 5.10 Å². The van der Waals surface area contributed by atoms with E-state index in [-0.39, 0.29) is 0 Å². The number of rotatable bonds is 5. The van der Waals surface area contributed by atoms with Crippen molar-refractivity contribution in [2.75, 3.05) is 6.54 Å². The lowest BCUT2D eigenvalue weighted by molar-refractivity contribution is 0.531. The van der Waals surface area contributed by atoms with Crippen LogP contribution in [0.25, 0.3) is 0 Å². The molecule has 0 unspecified atom stereocenters. The van der Waals surface area contributed by atoms with Crippen molar-refractivity contribution in [2.24, 2.45) is 0 Å². The van der Waals surface area contributed by atoms with Crippen LogP contribution in [-0.4, -0.2) is 22.4 Å². The van der Waals surface area contributed by atoms with Crippen LogP contribution in [0.3, 0.4) is 0 Å². The second kappa shape index (κ2) is 4.54. The Morgan fingerprint density at radius 2 is 2.20 bits per heavy atom. The van der Waals surface area contributed by atoms with Crippen LogP contribution >= 0.6 is 11.6 Å². The summed E-state index contributed by atoms with van der Waals surface area (Å²) in [4.78, 5) is 0. The van der Waals surface area contributed by atoms with E-state index in [9.17, 15) is 0 Å². The molecule has 3 nitrogen and oxygen atoms in total. The van der Waals surface area contributed by atoms with Gasteiger partial charge in [0.2, 0.25) is 0 Å². The molecule has 1 heterocycles. The molecule has 1 fully saturated rings. The van der Waals surface area contributed by atoms with Gasteiger partial charge in [0, 0.05) is 12.6 Å². The summed E-state index contributed by atoms with van der Waals surface area (Å²) in [6.45, 7) is 6.02. The number of hydrogen-bond acceptors (Lipinski definition) is 2. The Hall–Kier alpha value is -0.540. The van der Waals surface area contributed by atoms with Crippen LogP contribution in [0, 0.1) is 13.8 Å². The molecule has 0 atom stereocenters. The van der Waals surface area contributed by atoms with Crippen molar-refractivity contribution in [1.82, 2.24) is 15.1 Å². The zero-order chi connectivity index (χ0) is 10.8. The molecule has 4 heteroatoms. The van der Waals surface area contributed by atoms with E-state index in [0.717, 1.165) is 42.0 Å². The minimum atomic E-state index is 0.800. The molecule has 84 valence electrons. The Balaban J connectivity index is 1.79. The maximum atomic E-state index is 6.07. The van der Waals surface area contributed by atoms with Crippen molar-refractivity contribution in [3.8, 4) is 0 Å². The SMILES string of the molecule is Cc1nn(CCCNC2CC2)c(C)c1Cl. The second-order valence-corrected chi connectivity index (χ2v) is 4.67. The normalized spacial score (nSPS) is 15.9. The summed E-state index contributed by atoms with van der Waals surface area (Å²) in [5.74, 6) is 0. The lowest BCUT2D eigenvalue weighted by atomic mass is 10.3. The van der Waals surface area contributed by atoms with Gasteiger partial charge in [0.1, 0.15) is 0 Å². The summed E-state index contributed by atoms with van der Waals surface area (Å²) in [7, 11) is 0. The van der Waals surface area contributed by atoms with Gasteiger partial charge in [0.15, 0.2) is 0 Å². The number of aromatic nitrogens is 2. The maximum absolute atomic E-state index is 6.07. The molecule has 1 saturated carbocycles. The minimum Gasteiger partial charge on any atom is -0.314 e. The third-order valence-corrected chi connectivity index (χ3v) is 3.40. The van der Waals surface area contributed by atoms with Gasteiger partial charge in [-0.05, 0) is 39.7 Å². The Kier molecular flexibility index (Phi) is 3.32. The zero-order valence-electron chi connectivity index (χ0n) is 9.39. The molecule has 0 aromatic carbocycles. The highest BCUT2D eigenvalue weighted by molar-refractivity contribution is 6.31. The number of nitrogens with one attached hydrogen (secondary N) is 1. The van der Waals surface area contributed by atoms with Gasteiger partial charge in [-0.25, -0.2) is 0 Å². The van der Waals surface area contributed by atoms with Gasteiger partial charge >= 0.3 is 0 Å². The molecule has 1 aliphatic carbocycles. The summed E-state index contributed by atoms with van der Waals surface area (Å²) in [5, 5.41) is 8.70. The lowest BCUT2D eigenvalue weighted by Crippen LogP contribution is -2.19. The predicted octanol–water partition coefficient (Wildman–Crippen LogP) is 2.30. The zero-order valence-corrected chi connectivity index (χ0v) is 10.1. The van der Waals surface area contributed by atoms with Gasteiger partial charge in [-0.15, -0.1) is 0 Å². The summed E-state index contributed by atoms with van der Waals surface area (Å²) in [6.07, 6.45) is 3.83. The Labute approximate surface area is 95.8 Å². The third-order valence-electron chi connectivity index (χ3n) is 2.85. The number of aryl methyl sites for hydroxylation is 2. The first-order valence-electron chi connectivity index (χ1n) is 5.61. The van der Waals surface area contributed by atoms with Crippen molar-refractivity contribution in [2.45, 2.75) is 45.7 Å². The molecular weight excluding hydrogens is 210 g/mol. The molecule has 1 aliphatic rings. The van der Waals surface area contributed by atoms with Crippen molar-refractivity contribution in [3.63, 3.8) is 0 Å². The highest BCUT2D eigenvalue weighted by atomic mass is 35.5. The molecule has 0 spiro atoms. The first-order valence-corrected chi connectivity index (χ1v) is 5.99. The molecule has 1 N–H and O–H groups in total. The highest BCUT2D eigenvalue weighted by Gasteiger charge is 2.19. The molecule has 0 bridgehead atoms. The Bertz CT molecular complexity index is 342. The molecular formula is C11H18ClN3. The van der Waals surface area contributed by atoms with Crippen LogP contribution in [0.4, 0.5) is 0 Å². The lowest BCUT2D eigenvalue weighted by Gasteiger charge is -2.05. The number of hydrogen-bond donors (Lipinski definition) is 1. The predicted molar refractivity (Wildman–Crippen MR) is 62.4 cm³/mol. The molecule has 0 saturated heterocycles. The van der Waals surface area contributed by atoms with Crippen molar-refractivity contribution < 1.29 is 0 Å². The van der Waals surface area contributed by atoms with E-state index in [2.05, 4.69) is 10.4 Å². The van der Waals surface area contributed by atoms with E-state index in [1.54, 1.807) is 0 Å². The molecule has 1 aromatic rings. The van der Waals surface area contributed by atoms with Crippen molar-refractivity contribution in [3.05, 3.63) is 16.4 Å². The first-order chi connectivity index (χ1) is 7.18. The minimum absolute atomic E-state index is 0.800. The fourth-order valence-electron chi connectivity index (χ4n) is 1.72. The fourth-order valence-corrected chi connectivity index (χ4v) is 1.85. The van der Waals surface area contributed by atoms with Crippen LogP contribution < -0.4 is 5.32 Å². The first kappa shape index (κ1) is 11.0. The number of halogens is 1. The van der Waals surface area contributed by atoms with Crippen molar-refractivity contribution >= 4 is 11.6 Å². The standard InChI is InChI=1S/C11H18ClN3/c1-8-11(12)9(2)15(14-8)7-3-6-13-10-4-5-10/h10,13H,3-7H2,1-2H3. The van der Waals surface area contributed by atoms with Gasteiger partial charge in [0.05, 0.1) is 16.4 Å². The number of nitrogens with zero attached hydrogens (tertiary/aromatic N) is 2. The van der Waals surface area contributed by atoms with E-state index in [1.165, 1.54) is 12.8 Å². The topological polar surface area (TPSA) is 29.9 Å². The molecule has 0 aliphatic heterocycles. The quantitative estimate of drug-likeness (QED) is 0.783. The van der Waals surface area contributed by atoms with Crippen LogP contribution in [0.15, 0.2) is 0 Å². The van der Waals surface area contributed by atoms with Crippen LogP contribution in [0.5, 0.6) is 0 Å². The smallest absolute Gasteiger partial charge is 0.0844 e. The summed E-state index contributed by atoms with van der Waals surface area (Å²) >= 11 is 6.07.